The van der Waals surface area contributed by atoms with Gasteiger partial charge in [-0.25, -0.2) is 0 Å². The molecule has 0 amide bonds. The summed E-state index contributed by atoms with van der Waals surface area (Å²) >= 11 is 0. The number of likely N-dealkylation sites (tertiary alicyclic amines) is 1. The zero-order valence-corrected chi connectivity index (χ0v) is 11.3. The van der Waals surface area contributed by atoms with Crippen LogP contribution in [-0.4, -0.2) is 36.7 Å². The van der Waals surface area contributed by atoms with Crippen molar-refractivity contribution in [3.05, 3.63) is 0 Å². The van der Waals surface area contributed by atoms with E-state index in [9.17, 15) is 0 Å². The molecule has 0 spiro atoms. The molecule has 0 radical (unpaired) electrons. The Morgan fingerprint density at radius 3 is 2.65 bits per heavy atom. The van der Waals surface area contributed by atoms with Crippen molar-refractivity contribution in [1.82, 2.24) is 10.4 Å². The molecule has 17 heavy (non-hydrogen) atoms. The molecule has 1 saturated carbocycles. The van der Waals surface area contributed by atoms with Crippen LogP contribution in [0.5, 0.6) is 0 Å². The molecule has 1 unspecified atom stereocenters. The third-order valence-corrected chi connectivity index (χ3v) is 4.06. The molecule has 1 heterocycles. The first-order valence-corrected chi connectivity index (χ1v) is 7.52. The molecular weight excluding hydrogens is 212 g/mol. The fourth-order valence-corrected chi connectivity index (χ4v) is 3.01. The Bertz CT molecular complexity index is 204. The Balaban J connectivity index is 1.63. The number of hydrogen-bond donors (Lipinski definition) is 1. The number of rotatable bonds is 5. The quantitative estimate of drug-likeness (QED) is 0.748. The molecule has 1 atom stereocenters. The van der Waals surface area contributed by atoms with Gasteiger partial charge in [-0.3, -0.25) is 4.84 Å². The predicted octanol–water partition coefficient (Wildman–Crippen LogP) is 2.71. The van der Waals surface area contributed by atoms with E-state index in [0.717, 1.165) is 0 Å². The van der Waals surface area contributed by atoms with Crippen LogP contribution in [-0.2, 0) is 4.84 Å². The Labute approximate surface area is 106 Å². The van der Waals surface area contributed by atoms with Crippen molar-refractivity contribution in [1.29, 1.82) is 0 Å². The van der Waals surface area contributed by atoms with Gasteiger partial charge in [0, 0.05) is 6.04 Å². The van der Waals surface area contributed by atoms with Crippen molar-refractivity contribution in [2.45, 2.75) is 70.4 Å². The lowest BCUT2D eigenvalue weighted by atomic mass is 10.1. The lowest BCUT2D eigenvalue weighted by Gasteiger charge is -2.20. The van der Waals surface area contributed by atoms with Crippen LogP contribution < -0.4 is 5.48 Å². The van der Waals surface area contributed by atoms with Crippen LogP contribution in [0.1, 0.15) is 58.3 Å². The fourth-order valence-electron chi connectivity index (χ4n) is 3.01. The zero-order valence-electron chi connectivity index (χ0n) is 11.3. The van der Waals surface area contributed by atoms with Gasteiger partial charge < -0.3 is 4.90 Å². The second-order valence-corrected chi connectivity index (χ2v) is 5.61. The third-order valence-electron chi connectivity index (χ3n) is 4.06. The first-order valence-electron chi connectivity index (χ1n) is 7.52. The summed E-state index contributed by atoms with van der Waals surface area (Å²) in [7, 11) is 0. The molecule has 100 valence electrons. The smallest absolute Gasteiger partial charge is 0.0790 e. The average Bonchev–Trinajstić information content (AvgIpc) is 2.75. The minimum Gasteiger partial charge on any atom is -0.303 e. The van der Waals surface area contributed by atoms with Gasteiger partial charge in [0.05, 0.1) is 6.10 Å². The monoisotopic (exact) mass is 240 g/mol. The third kappa shape index (κ3) is 4.57. The Morgan fingerprint density at radius 1 is 1.06 bits per heavy atom. The predicted molar refractivity (Wildman–Crippen MR) is 70.8 cm³/mol. The van der Waals surface area contributed by atoms with Crippen molar-refractivity contribution >= 4 is 0 Å². The minimum absolute atomic E-state index is 0.491. The highest BCUT2D eigenvalue weighted by Crippen LogP contribution is 2.20. The van der Waals surface area contributed by atoms with E-state index >= 15 is 0 Å². The maximum Gasteiger partial charge on any atom is 0.0790 e. The van der Waals surface area contributed by atoms with Crippen molar-refractivity contribution in [2.24, 2.45) is 0 Å². The fraction of sp³-hybridized carbons (Fsp3) is 1.00. The van der Waals surface area contributed by atoms with Gasteiger partial charge in [-0.15, -0.1) is 0 Å². The van der Waals surface area contributed by atoms with Crippen molar-refractivity contribution < 1.29 is 4.84 Å². The molecular formula is C14H28N2O. The van der Waals surface area contributed by atoms with Gasteiger partial charge in [0.1, 0.15) is 0 Å². The van der Waals surface area contributed by atoms with Crippen molar-refractivity contribution in [3.8, 4) is 0 Å². The topological polar surface area (TPSA) is 24.5 Å². The highest BCUT2D eigenvalue weighted by Gasteiger charge is 2.20. The summed E-state index contributed by atoms with van der Waals surface area (Å²) in [5.74, 6) is 0. The first-order chi connectivity index (χ1) is 8.38. The number of hydroxylamine groups is 1. The van der Waals surface area contributed by atoms with E-state index in [1.54, 1.807) is 0 Å². The SMILES string of the molecule is CCCN1CCCC(NOC2CCCC2)CC1. The van der Waals surface area contributed by atoms with Crippen LogP contribution in [0.25, 0.3) is 0 Å². The minimum atomic E-state index is 0.491. The summed E-state index contributed by atoms with van der Waals surface area (Å²) < 4.78 is 0. The van der Waals surface area contributed by atoms with Gasteiger partial charge in [0.2, 0.25) is 0 Å². The molecule has 0 aromatic heterocycles. The molecule has 1 aliphatic carbocycles. The lowest BCUT2D eigenvalue weighted by Crippen LogP contribution is -2.33. The molecule has 2 rings (SSSR count). The molecule has 2 fully saturated rings. The van der Waals surface area contributed by atoms with Crippen LogP contribution >= 0.6 is 0 Å². The summed E-state index contributed by atoms with van der Waals surface area (Å²) in [4.78, 5) is 8.42. The molecule has 1 N–H and O–H groups in total. The number of hydrogen-bond acceptors (Lipinski definition) is 3. The van der Waals surface area contributed by atoms with Gasteiger partial charge in [-0.1, -0.05) is 19.8 Å². The highest BCUT2D eigenvalue weighted by molar-refractivity contribution is 4.73. The molecule has 1 saturated heterocycles. The molecule has 3 heteroatoms. The average molecular weight is 240 g/mol. The summed E-state index contributed by atoms with van der Waals surface area (Å²) in [5, 5.41) is 0. The second kappa shape index (κ2) is 7.34. The highest BCUT2D eigenvalue weighted by atomic mass is 16.7. The second-order valence-electron chi connectivity index (χ2n) is 5.61. The lowest BCUT2D eigenvalue weighted by molar-refractivity contribution is -0.0423. The molecule has 3 nitrogen and oxygen atoms in total. The van der Waals surface area contributed by atoms with E-state index in [1.165, 1.54) is 71.0 Å². The molecule has 0 aromatic carbocycles. The van der Waals surface area contributed by atoms with E-state index in [1.807, 2.05) is 0 Å². The number of nitrogens with one attached hydrogen (secondary N) is 1. The van der Waals surface area contributed by atoms with E-state index in [-0.39, 0.29) is 0 Å². The summed E-state index contributed by atoms with van der Waals surface area (Å²) in [5.41, 5.74) is 3.34. The zero-order chi connectivity index (χ0) is 11.9. The Kier molecular flexibility index (Phi) is 5.75. The van der Waals surface area contributed by atoms with Crippen LogP contribution in [0.3, 0.4) is 0 Å². The van der Waals surface area contributed by atoms with Crippen LogP contribution in [0.4, 0.5) is 0 Å². The largest absolute Gasteiger partial charge is 0.303 e. The van der Waals surface area contributed by atoms with Crippen molar-refractivity contribution in [2.75, 3.05) is 19.6 Å². The van der Waals surface area contributed by atoms with Gasteiger partial charge in [0.25, 0.3) is 0 Å². The van der Waals surface area contributed by atoms with E-state index in [2.05, 4.69) is 17.3 Å². The Hall–Kier alpha value is -0.120. The maximum absolute atomic E-state index is 5.82. The normalized spacial score (nSPS) is 28.4. The molecule has 1 aliphatic heterocycles. The van der Waals surface area contributed by atoms with Crippen LogP contribution in [0, 0.1) is 0 Å². The molecule has 0 aromatic rings. The van der Waals surface area contributed by atoms with E-state index in [0.29, 0.717) is 12.1 Å². The molecule has 2 aliphatic rings. The Morgan fingerprint density at radius 2 is 1.88 bits per heavy atom. The van der Waals surface area contributed by atoms with Crippen LogP contribution in [0.2, 0.25) is 0 Å². The standard InChI is InChI=1S/C14H28N2O/c1-2-10-16-11-5-6-13(9-12-16)15-17-14-7-3-4-8-14/h13-15H,2-12H2,1H3. The van der Waals surface area contributed by atoms with E-state index in [4.69, 9.17) is 4.84 Å². The van der Waals surface area contributed by atoms with Gasteiger partial charge in [-0.05, 0) is 58.2 Å². The van der Waals surface area contributed by atoms with Crippen molar-refractivity contribution in [3.63, 3.8) is 0 Å². The first kappa shape index (κ1) is 13.3. The summed E-state index contributed by atoms with van der Waals surface area (Å²) in [6.07, 6.45) is 10.8. The summed E-state index contributed by atoms with van der Waals surface area (Å²) in [6.45, 7) is 6.04. The van der Waals surface area contributed by atoms with Gasteiger partial charge >= 0.3 is 0 Å². The maximum atomic E-state index is 5.82. The van der Waals surface area contributed by atoms with Crippen LogP contribution in [0.15, 0.2) is 0 Å². The van der Waals surface area contributed by atoms with E-state index < -0.39 is 0 Å². The van der Waals surface area contributed by atoms with Gasteiger partial charge in [0.15, 0.2) is 0 Å². The summed E-state index contributed by atoms with van der Waals surface area (Å²) in [6, 6.07) is 0.581. The number of nitrogens with zero attached hydrogens (tertiary/aromatic N) is 1. The molecule has 0 bridgehead atoms. The van der Waals surface area contributed by atoms with Gasteiger partial charge in [-0.2, -0.15) is 5.48 Å².